The Hall–Kier alpha value is -2.44. The van der Waals surface area contributed by atoms with Gasteiger partial charge in [0.25, 0.3) is 10.0 Å². The maximum Gasteiger partial charge on any atom is 0.261 e. The Bertz CT molecular complexity index is 1470. The van der Waals surface area contributed by atoms with Crippen LogP contribution in [0.25, 0.3) is 0 Å². The highest BCUT2D eigenvalue weighted by atomic mass is 79.9. The Balaban J connectivity index is 1.31. The molecular formula is C25H25BrClN3O5S2. The fraction of sp³-hybridized carbons (Fsp3) is 0.240. The van der Waals surface area contributed by atoms with Crippen LogP contribution in [0.15, 0.2) is 82.2 Å². The molecular weight excluding hydrogens is 602 g/mol. The van der Waals surface area contributed by atoms with Crippen molar-refractivity contribution < 1.29 is 21.6 Å². The van der Waals surface area contributed by atoms with Crippen molar-refractivity contribution in [1.29, 1.82) is 0 Å². The Kier molecular flexibility index (Phi) is 8.59. The molecule has 1 aliphatic rings. The first-order chi connectivity index (χ1) is 17.5. The lowest BCUT2D eigenvalue weighted by Crippen LogP contribution is -2.41. The predicted octanol–water partition coefficient (Wildman–Crippen LogP) is 5.08. The summed E-state index contributed by atoms with van der Waals surface area (Å²) in [7, 11) is -7.31. The number of rotatable bonds is 8. The van der Waals surface area contributed by atoms with Crippen molar-refractivity contribution in [2.75, 3.05) is 23.1 Å². The number of halogens is 2. The van der Waals surface area contributed by atoms with Gasteiger partial charge in [-0.05, 0) is 73.0 Å². The number of sulfonamides is 2. The van der Waals surface area contributed by atoms with E-state index in [1.54, 1.807) is 42.5 Å². The largest absolute Gasteiger partial charge is 0.326 e. The number of amides is 1. The first-order valence-electron chi connectivity index (χ1n) is 11.4. The van der Waals surface area contributed by atoms with Gasteiger partial charge in [-0.1, -0.05) is 45.7 Å². The van der Waals surface area contributed by atoms with Crippen molar-refractivity contribution in [2.45, 2.75) is 23.5 Å². The lowest BCUT2D eigenvalue weighted by Gasteiger charge is -2.30. The van der Waals surface area contributed by atoms with E-state index in [4.69, 9.17) is 11.6 Å². The molecule has 0 radical (unpaired) electrons. The normalized spacial score (nSPS) is 15.3. The summed E-state index contributed by atoms with van der Waals surface area (Å²) in [6.45, 7) is 0.534. The van der Waals surface area contributed by atoms with Crippen molar-refractivity contribution in [1.82, 2.24) is 4.31 Å². The van der Waals surface area contributed by atoms with Gasteiger partial charge in [0.15, 0.2) is 0 Å². The monoisotopic (exact) mass is 625 g/mol. The molecule has 0 saturated carbocycles. The Morgan fingerprint density at radius 2 is 1.57 bits per heavy atom. The quantitative estimate of drug-likeness (QED) is 0.362. The van der Waals surface area contributed by atoms with Gasteiger partial charge in [0.1, 0.15) is 0 Å². The molecule has 0 unspecified atom stereocenters. The van der Waals surface area contributed by atoms with E-state index in [9.17, 15) is 21.6 Å². The molecule has 1 fully saturated rings. The molecule has 196 valence electrons. The Labute approximate surface area is 230 Å². The number of carbonyl (C=O) groups excluding carboxylic acids is 1. The van der Waals surface area contributed by atoms with E-state index in [0.717, 1.165) is 4.47 Å². The van der Waals surface area contributed by atoms with Crippen LogP contribution in [0.2, 0.25) is 5.02 Å². The third-order valence-corrected chi connectivity index (χ3v) is 10.0. The van der Waals surface area contributed by atoms with Crippen molar-refractivity contribution in [3.05, 3.63) is 87.9 Å². The van der Waals surface area contributed by atoms with E-state index in [1.807, 2.05) is 0 Å². The molecule has 8 nitrogen and oxygen atoms in total. The molecule has 1 heterocycles. The molecule has 2 N–H and O–H groups in total. The lowest BCUT2D eigenvalue weighted by molar-refractivity contribution is -0.120. The van der Waals surface area contributed by atoms with Crippen LogP contribution in [0, 0.1) is 5.92 Å². The minimum Gasteiger partial charge on any atom is -0.326 e. The first-order valence-corrected chi connectivity index (χ1v) is 15.7. The van der Waals surface area contributed by atoms with Gasteiger partial charge >= 0.3 is 0 Å². The molecule has 0 spiro atoms. The third kappa shape index (κ3) is 7.32. The lowest BCUT2D eigenvalue weighted by atomic mass is 9.97. The number of piperidine rings is 1. The van der Waals surface area contributed by atoms with E-state index in [-0.39, 0.29) is 35.6 Å². The van der Waals surface area contributed by atoms with Gasteiger partial charge in [0.05, 0.1) is 16.3 Å². The van der Waals surface area contributed by atoms with Crippen LogP contribution in [-0.2, 0) is 30.6 Å². The van der Waals surface area contributed by atoms with Crippen molar-refractivity contribution >= 4 is 64.9 Å². The number of carbonyl (C=O) groups is 1. The smallest absolute Gasteiger partial charge is 0.261 e. The second kappa shape index (κ2) is 11.5. The summed E-state index contributed by atoms with van der Waals surface area (Å²) in [6, 6.07) is 19.4. The number of nitrogens with one attached hydrogen (secondary N) is 2. The first kappa shape index (κ1) is 27.6. The maximum absolute atomic E-state index is 12.8. The minimum absolute atomic E-state index is 0.0368. The van der Waals surface area contributed by atoms with Crippen LogP contribution >= 0.6 is 27.5 Å². The third-order valence-electron chi connectivity index (χ3n) is 5.99. The summed E-state index contributed by atoms with van der Waals surface area (Å²) < 4.78 is 55.7. The van der Waals surface area contributed by atoms with Gasteiger partial charge < -0.3 is 5.32 Å². The maximum atomic E-state index is 12.8. The fourth-order valence-electron chi connectivity index (χ4n) is 4.01. The van der Waals surface area contributed by atoms with Crippen LogP contribution in [0.3, 0.4) is 0 Å². The topological polar surface area (TPSA) is 113 Å². The summed E-state index contributed by atoms with van der Waals surface area (Å²) in [4.78, 5) is 12.8. The SMILES string of the molecule is O=C(Nc1ccc(S(=O)(=O)Nc2cccc(Cl)c2)cc1)C1CCN(S(=O)(=O)Cc2ccc(Br)cc2)CC1. The summed E-state index contributed by atoms with van der Waals surface area (Å²) in [5.41, 5.74) is 1.50. The molecule has 1 aliphatic heterocycles. The molecule has 0 aromatic heterocycles. The second-order valence-corrected chi connectivity index (χ2v) is 13.7. The molecule has 4 rings (SSSR count). The molecule has 1 amide bonds. The standard InChI is InChI=1S/C25H25BrClN3O5S2/c26-20-6-4-18(5-7-20)17-36(32,33)30-14-12-19(13-15-30)25(31)28-22-8-10-24(11-9-22)37(34,35)29-23-3-1-2-21(27)16-23/h1-11,16,19,29H,12-15,17H2,(H,28,31). The number of hydrogen-bond acceptors (Lipinski definition) is 5. The number of benzene rings is 3. The number of hydrogen-bond donors (Lipinski definition) is 2. The zero-order valence-corrected chi connectivity index (χ0v) is 23.6. The van der Waals surface area contributed by atoms with Crippen LogP contribution < -0.4 is 10.0 Å². The van der Waals surface area contributed by atoms with E-state index >= 15 is 0 Å². The van der Waals surface area contributed by atoms with Gasteiger partial charge in [-0.25, -0.2) is 21.1 Å². The molecule has 0 atom stereocenters. The van der Waals surface area contributed by atoms with Crippen molar-refractivity contribution in [3.63, 3.8) is 0 Å². The molecule has 1 saturated heterocycles. The highest BCUT2D eigenvalue weighted by Crippen LogP contribution is 2.25. The van der Waals surface area contributed by atoms with Crippen LogP contribution in [0.4, 0.5) is 11.4 Å². The van der Waals surface area contributed by atoms with Crippen molar-refractivity contribution in [2.24, 2.45) is 5.92 Å². The minimum atomic E-state index is -3.83. The second-order valence-electron chi connectivity index (χ2n) is 8.69. The van der Waals surface area contributed by atoms with Crippen molar-refractivity contribution in [3.8, 4) is 0 Å². The highest BCUT2D eigenvalue weighted by molar-refractivity contribution is 9.10. The molecule has 3 aromatic carbocycles. The highest BCUT2D eigenvalue weighted by Gasteiger charge is 2.31. The zero-order chi connectivity index (χ0) is 26.6. The molecule has 37 heavy (non-hydrogen) atoms. The van der Waals surface area contributed by atoms with Crippen LogP contribution in [0.5, 0.6) is 0 Å². The number of anilines is 2. The summed E-state index contributed by atoms with van der Waals surface area (Å²) in [5, 5.41) is 3.21. The van der Waals surface area contributed by atoms with Gasteiger partial charge in [0.2, 0.25) is 15.9 Å². The number of nitrogens with zero attached hydrogens (tertiary/aromatic N) is 1. The van der Waals surface area contributed by atoms with Gasteiger partial charge in [-0.15, -0.1) is 0 Å². The van der Waals surface area contributed by atoms with Crippen LogP contribution in [-0.4, -0.2) is 40.1 Å². The van der Waals surface area contributed by atoms with E-state index in [1.165, 1.54) is 34.6 Å². The average Bonchev–Trinajstić information content (AvgIpc) is 2.85. The Morgan fingerprint density at radius 3 is 2.19 bits per heavy atom. The van der Waals surface area contributed by atoms with Gasteiger partial charge in [-0.3, -0.25) is 9.52 Å². The zero-order valence-electron chi connectivity index (χ0n) is 19.6. The summed E-state index contributed by atoms with van der Waals surface area (Å²) in [5.74, 6) is -0.650. The Morgan fingerprint density at radius 1 is 0.919 bits per heavy atom. The molecule has 3 aromatic rings. The molecule has 0 aliphatic carbocycles. The average molecular weight is 627 g/mol. The predicted molar refractivity (Wildman–Crippen MR) is 148 cm³/mol. The molecule has 12 heteroatoms. The van der Waals surface area contributed by atoms with Gasteiger partial charge in [0, 0.05) is 34.2 Å². The summed E-state index contributed by atoms with van der Waals surface area (Å²) >= 11 is 9.25. The van der Waals surface area contributed by atoms with Gasteiger partial charge in [-0.2, -0.15) is 0 Å². The van der Waals surface area contributed by atoms with E-state index in [0.29, 0.717) is 34.8 Å². The summed E-state index contributed by atoms with van der Waals surface area (Å²) in [6.07, 6.45) is 0.808. The van der Waals surface area contributed by atoms with E-state index < -0.39 is 20.0 Å². The molecule has 0 bridgehead atoms. The fourth-order valence-corrected chi connectivity index (χ4v) is 7.07. The van der Waals surface area contributed by atoms with Crippen LogP contribution in [0.1, 0.15) is 18.4 Å². The van der Waals surface area contributed by atoms with E-state index in [2.05, 4.69) is 26.0 Å².